The molecule has 1 unspecified atom stereocenters. The van der Waals surface area contributed by atoms with Crippen LogP contribution in [-0.2, 0) is 16.0 Å². The van der Waals surface area contributed by atoms with Gasteiger partial charge >= 0.3 is 12.0 Å². The van der Waals surface area contributed by atoms with Gasteiger partial charge in [-0.25, -0.2) is 9.59 Å². The van der Waals surface area contributed by atoms with E-state index >= 15 is 0 Å². The van der Waals surface area contributed by atoms with Gasteiger partial charge in [0.25, 0.3) is 0 Å². The van der Waals surface area contributed by atoms with Gasteiger partial charge in [-0.3, -0.25) is 4.79 Å². The van der Waals surface area contributed by atoms with Crippen molar-refractivity contribution in [1.82, 2.24) is 4.90 Å². The first-order valence-electron chi connectivity index (χ1n) is 12.0. The van der Waals surface area contributed by atoms with E-state index in [1.54, 1.807) is 53.4 Å². The molecule has 3 aromatic carbocycles. The molecule has 0 bridgehead atoms. The summed E-state index contributed by atoms with van der Waals surface area (Å²) in [4.78, 5) is 38.8. The monoisotopic (exact) mass is 581 g/mol. The van der Waals surface area contributed by atoms with E-state index in [1.165, 1.54) is 14.2 Å². The lowest BCUT2D eigenvalue weighted by Gasteiger charge is -2.18. The molecule has 1 aliphatic heterocycles. The zero-order valence-corrected chi connectivity index (χ0v) is 22.6. The molecule has 0 saturated carbocycles. The number of carbonyl (C=O) groups is 3. The predicted octanol–water partition coefficient (Wildman–Crippen LogP) is 5.11. The molecule has 2 N–H and O–H groups in total. The summed E-state index contributed by atoms with van der Waals surface area (Å²) in [6.45, 7) is 1.07. The van der Waals surface area contributed by atoms with Crippen molar-refractivity contribution in [1.29, 1.82) is 0 Å². The standard InChI is InChI=1S/C28H28BrN3O6/c1-36-25-15-18(7-12-24(25)31-28(35)30-23-6-4-3-5-22(23)29)16-26(33)32-14-13-21(17-32)38-20-10-8-19(9-11-20)27(34)37-2/h3-12,15,21H,13-14,16-17H2,1-2H3,(H2,30,31,35). The molecular weight excluding hydrogens is 554 g/mol. The molecule has 38 heavy (non-hydrogen) atoms. The smallest absolute Gasteiger partial charge is 0.337 e. The molecule has 3 amide bonds. The summed E-state index contributed by atoms with van der Waals surface area (Å²) < 4.78 is 16.9. The van der Waals surface area contributed by atoms with Crippen molar-refractivity contribution in [2.24, 2.45) is 0 Å². The number of carbonyl (C=O) groups excluding carboxylic acids is 3. The van der Waals surface area contributed by atoms with Crippen molar-refractivity contribution in [3.05, 3.63) is 82.3 Å². The molecule has 0 radical (unpaired) electrons. The number of esters is 1. The zero-order valence-electron chi connectivity index (χ0n) is 21.0. The third kappa shape index (κ3) is 6.83. The van der Waals surface area contributed by atoms with Gasteiger partial charge in [-0.2, -0.15) is 0 Å². The SMILES string of the molecule is COC(=O)c1ccc(OC2CCN(C(=O)Cc3ccc(NC(=O)Nc4ccccc4Br)c(OC)c3)C2)cc1. The first-order valence-corrected chi connectivity index (χ1v) is 12.8. The van der Waals surface area contributed by atoms with Gasteiger partial charge in [-0.15, -0.1) is 0 Å². The number of nitrogens with zero attached hydrogens (tertiary/aromatic N) is 1. The Hall–Kier alpha value is -4.05. The summed E-state index contributed by atoms with van der Waals surface area (Å²) in [5.74, 6) is 0.661. The molecule has 1 fully saturated rings. The molecule has 0 spiro atoms. The summed E-state index contributed by atoms with van der Waals surface area (Å²) in [5.41, 5.74) is 2.34. The lowest BCUT2D eigenvalue weighted by molar-refractivity contribution is -0.129. The highest BCUT2D eigenvalue weighted by Gasteiger charge is 2.28. The number of likely N-dealkylation sites (tertiary alicyclic amines) is 1. The number of amides is 3. The second kappa shape index (κ2) is 12.5. The third-order valence-electron chi connectivity index (χ3n) is 6.07. The van der Waals surface area contributed by atoms with Crippen LogP contribution in [0.5, 0.6) is 11.5 Å². The van der Waals surface area contributed by atoms with Gasteiger partial charge in [0.15, 0.2) is 0 Å². The summed E-state index contributed by atoms with van der Waals surface area (Å²) in [5, 5.41) is 5.56. The maximum atomic E-state index is 13.0. The number of methoxy groups -OCH3 is 2. The van der Waals surface area contributed by atoms with Crippen molar-refractivity contribution in [2.75, 3.05) is 37.9 Å². The van der Waals surface area contributed by atoms with Crippen LogP contribution >= 0.6 is 15.9 Å². The fourth-order valence-electron chi connectivity index (χ4n) is 4.10. The Bertz CT molecular complexity index is 1310. The van der Waals surface area contributed by atoms with E-state index in [2.05, 4.69) is 26.6 Å². The minimum Gasteiger partial charge on any atom is -0.495 e. The molecule has 9 nitrogen and oxygen atoms in total. The van der Waals surface area contributed by atoms with Gasteiger partial charge in [0.1, 0.15) is 17.6 Å². The zero-order chi connectivity index (χ0) is 27.1. The van der Waals surface area contributed by atoms with Crippen LogP contribution in [0.1, 0.15) is 22.3 Å². The second-order valence-electron chi connectivity index (χ2n) is 8.65. The summed E-state index contributed by atoms with van der Waals surface area (Å²) in [7, 11) is 2.85. The number of urea groups is 1. The highest BCUT2D eigenvalue weighted by Crippen LogP contribution is 2.28. The van der Waals surface area contributed by atoms with Crippen LogP contribution in [0.15, 0.2) is 71.2 Å². The molecule has 1 saturated heterocycles. The Labute approximate surface area is 229 Å². The van der Waals surface area contributed by atoms with Crippen molar-refractivity contribution >= 4 is 45.2 Å². The molecule has 10 heteroatoms. The largest absolute Gasteiger partial charge is 0.495 e. The fraction of sp³-hybridized carbons (Fsp3) is 0.250. The quantitative estimate of drug-likeness (QED) is 0.358. The van der Waals surface area contributed by atoms with Crippen molar-refractivity contribution in [3.8, 4) is 11.5 Å². The molecule has 1 aliphatic rings. The molecule has 1 atom stereocenters. The van der Waals surface area contributed by atoms with Crippen LogP contribution in [0.3, 0.4) is 0 Å². The molecular formula is C28H28BrN3O6. The first kappa shape index (κ1) is 27.0. The number of anilines is 2. The van der Waals surface area contributed by atoms with Crippen molar-refractivity contribution in [2.45, 2.75) is 18.9 Å². The molecule has 3 aromatic rings. The average molecular weight is 582 g/mol. The van der Waals surface area contributed by atoms with E-state index < -0.39 is 12.0 Å². The lowest BCUT2D eigenvalue weighted by Crippen LogP contribution is -2.32. The number of ether oxygens (including phenoxy) is 3. The Morgan fingerprint density at radius 1 is 0.974 bits per heavy atom. The number of para-hydroxylation sites is 1. The summed E-state index contributed by atoms with van der Waals surface area (Å²) in [6.07, 6.45) is 0.774. The Morgan fingerprint density at radius 3 is 2.42 bits per heavy atom. The normalized spacial score (nSPS) is 14.5. The van der Waals surface area contributed by atoms with Gasteiger partial charge in [-0.05, 0) is 70.0 Å². The van der Waals surface area contributed by atoms with E-state index in [4.69, 9.17) is 14.2 Å². The average Bonchev–Trinajstić information content (AvgIpc) is 3.39. The number of halogens is 1. The molecule has 198 valence electrons. The Morgan fingerprint density at radius 2 is 1.71 bits per heavy atom. The van der Waals surface area contributed by atoms with Crippen LogP contribution in [0.25, 0.3) is 0 Å². The van der Waals surface area contributed by atoms with Gasteiger partial charge in [0.2, 0.25) is 5.91 Å². The molecule has 1 heterocycles. The predicted molar refractivity (Wildman–Crippen MR) is 147 cm³/mol. The number of benzene rings is 3. The van der Waals surface area contributed by atoms with Gasteiger partial charge in [0, 0.05) is 17.4 Å². The highest BCUT2D eigenvalue weighted by molar-refractivity contribution is 9.10. The van der Waals surface area contributed by atoms with Gasteiger partial charge in [0.05, 0.1) is 44.1 Å². The lowest BCUT2D eigenvalue weighted by atomic mass is 10.1. The minimum atomic E-state index is -0.415. The number of hydrogen-bond acceptors (Lipinski definition) is 6. The number of hydrogen-bond donors (Lipinski definition) is 2. The van der Waals surface area contributed by atoms with Crippen molar-refractivity contribution in [3.63, 3.8) is 0 Å². The van der Waals surface area contributed by atoms with E-state index in [-0.39, 0.29) is 18.4 Å². The van der Waals surface area contributed by atoms with Crippen LogP contribution in [0.4, 0.5) is 16.2 Å². The number of nitrogens with one attached hydrogen (secondary N) is 2. The van der Waals surface area contributed by atoms with E-state index in [9.17, 15) is 14.4 Å². The highest BCUT2D eigenvalue weighted by atomic mass is 79.9. The molecule has 0 aliphatic carbocycles. The van der Waals surface area contributed by atoms with Crippen LogP contribution in [0.2, 0.25) is 0 Å². The second-order valence-corrected chi connectivity index (χ2v) is 9.51. The van der Waals surface area contributed by atoms with E-state index in [0.29, 0.717) is 47.9 Å². The van der Waals surface area contributed by atoms with Crippen LogP contribution < -0.4 is 20.1 Å². The van der Waals surface area contributed by atoms with E-state index in [1.807, 2.05) is 18.2 Å². The number of rotatable bonds is 8. The topological polar surface area (TPSA) is 106 Å². The molecule has 0 aromatic heterocycles. The van der Waals surface area contributed by atoms with Crippen molar-refractivity contribution < 1.29 is 28.6 Å². The molecule has 4 rings (SSSR count). The fourth-order valence-corrected chi connectivity index (χ4v) is 4.49. The Balaban J connectivity index is 1.31. The van der Waals surface area contributed by atoms with Crippen LogP contribution in [-0.4, -0.2) is 56.2 Å². The third-order valence-corrected chi connectivity index (χ3v) is 6.76. The summed E-state index contributed by atoms with van der Waals surface area (Å²) >= 11 is 3.40. The van der Waals surface area contributed by atoms with Gasteiger partial charge < -0.3 is 29.7 Å². The van der Waals surface area contributed by atoms with Crippen LogP contribution in [0, 0.1) is 0 Å². The maximum Gasteiger partial charge on any atom is 0.337 e. The first-order chi connectivity index (χ1) is 18.4. The van der Waals surface area contributed by atoms with E-state index in [0.717, 1.165) is 10.0 Å². The Kier molecular flexibility index (Phi) is 8.85. The minimum absolute atomic E-state index is 0.0217. The summed E-state index contributed by atoms with van der Waals surface area (Å²) in [6, 6.07) is 18.9. The van der Waals surface area contributed by atoms with Gasteiger partial charge in [-0.1, -0.05) is 18.2 Å². The maximum absolute atomic E-state index is 13.0.